The van der Waals surface area contributed by atoms with E-state index in [2.05, 4.69) is 15.2 Å². The van der Waals surface area contributed by atoms with Crippen molar-refractivity contribution in [1.29, 1.82) is 0 Å². The molecule has 1 aromatic rings. The molecule has 2 rings (SSSR count). The van der Waals surface area contributed by atoms with E-state index < -0.39 is 0 Å². The average Bonchev–Trinajstić information content (AvgIpc) is 2.82. The molecule has 0 bridgehead atoms. The molecule has 15 heavy (non-hydrogen) atoms. The number of hydrogen-bond acceptors (Lipinski definition) is 3. The number of H-pyrrole nitrogens is 1. The maximum Gasteiger partial charge on any atom is 0.233 e. The zero-order valence-electron chi connectivity index (χ0n) is 8.94. The molecule has 5 heteroatoms. The fourth-order valence-electron chi connectivity index (χ4n) is 1.93. The summed E-state index contributed by atoms with van der Waals surface area (Å²) in [5.41, 5.74) is 0. The van der Waals surface area contributed by atoms with E-state index in [1.54, 1.807) is 0 Å². The van der Waals surface area contributed by atoms with E-state index in [-0.39, 0.29) is 11.8 Å². The molecule has 0 aromatic carbocycles. The number of rotatable bonds is 2. The quantitative estimate of drug-likeness (QED) is 0.786. The van der Waals surface area contributed by atoms with Gasteiger partial charge in [-0.05, 0) is 26.2 Å². The van der Waals surface area contributed by atoms with Crippen LogP contribution in [0.3, 0.4) is 0 Å². The molecule has 1 aliphatic heterocycles. The summed E-state index contributed by atoms with van der Waals surface area (Å²) in [6.45, 7) is 3.64. The molecule has 0 radical (unpaired) electrons. The van der Waals surface area contributed by atoms with Crippen LogP contribution < -0.4 is 0 Å². The first kappa shape index (κ1) is 10.1. The Bertz CT molecular complexity index is 316. The van der Waals surface area contributed by atoms with E-state index in [9.17, 15) is 4.79 Å². The first-order valence-corrected chi connectivity index (χ1v) is 5.43. The molecular weight excluding hydrogens is 192 g/mol. The minimum Gasteiger partial charge on any atom is -0.342 e. The number of carbonyl (C=O) groups excluding carboxylic acids is 1. The Balaban J connectivity index is 2.00. The number of hydrogen-bond donors (Lipinski definition) is 1. The average molecular weight is 208 g/mol. The van der Waals surface area contributed by atoms with Crippen LogP contribution in [0.5, 0.6) is 0 Å². The Labute approximate surface area is 88.9 Å². The van der Waals surface area contributed by atoms with Crippen LogP contribution in [0.4, 0.5) is 0 Å². The summed E-state index contributed by atoms with van der Waals surface area (Å²) < 4.78 is 0. The highest BCUT2D eigenvalue weighted by molar-refractivity contribution is 5.82. The minimum atomic E-state index is -0.203. The van der Waals surface area contributed by atoms with Crippen LogP contribution in [0, 0.1) is 0 Å². The molecule has 1 unspecified atom stereocenters. The van der Waals surface area contributed by atoms with Gasteiger partial charge in [0.05, 0.1) is 5.92 Å². The molecule has 1 amide bonds. The van der Waals surface area contributed by atoms with Crippen molar-refractivity contribution in [3.8, 4) is 0 Å². The normalized spacial score (nSPS) is 18.9. The summed E-state index contributed by atoms with van der Waals surface area (Å²) in [4.78, 5) is 18.0. The van der Waals surface area contributed by atoms with E-state index in [0.717, 1.165) is 25.9 Å². The van der Waals surface area contributed by atoms with Crippen molar-refractivity contribution >= 4 is 5.91 Å². The molecule has 1 N–H and O–H groups in total. The standard InChI is InChI=1S/C10H16N4O/c1-8(9-11-7-12-13-9)10(15)14-5-3-2-4-6-14/h7-8H,2-6H2,1H3,(H,11,12,13). The number of aromatic nitrogens is 3. The van der Waals surface area contributed by atoms with Crippen LogP contribution in [0.1, 0.15) is 37.9 Å². The summed E-state index contributed by atoms with van der Waals surface area (Å²) in [5.74, 6) is 0.614. The van der Waals surface area contributed by atoms with Crippen molar-refractivity contribution in [3.63, 3.8) is 0 Å². The van der Waals surface area contributed by atoms with Gasteiger partial charge in [0.2, 0.25) is 5.91 Å². The number of aromatic amines is 1. The smallest absolute Gasteiger partial charge is 0.233 e. The maximum absolute atomic E-state index is 12.0. The van der Waals surface area contributed by atoms with Crippen LogP contribution in [-0.2, 0) is 4.79 Å². The lowest BCUT2D eigenvalue weighted by molar-refractivity contribution is -0.133. The maximum atomic E-state index is 12.0. The molecule has 1 aliphatic rings. The predicted molar refractivity (Wildman–Crippen MR) is 55.2 cm³/mol. The SMILES string of the molecule is CC(C(=O)N1CCCCC1)c1ncn[nH]1. The van der Waals surface area contributed by atoms with Gasteiger partial charge < -0.3 is 4.90 Å². The van der Waals surface area contributed by atoms with Gasteiger partial charge in [-0.3, -0.25) is 9.89 Å². The van der Waals surface area contributed by atoms with Crippen LogP contribution in [0.15, 0.2) is 6.33 Å². The lowest BCUT2D eigenvalue weighted by Gasteiger charge is -2.28. The first-order chi connectivity index (χ1) is 7.29. The van der Waals surface area contributed by atoms with E-state index in [1.165, 1.54) is 12.7 Å². The molecule has 0 aliphatic carbocycles. The monoisotopic (exact) mass is 208 g/mol. The highest BCUT2D eigenvalue weighted by Gasteiger charge is 2.24. The van der Waals surface area contributed by atoms with Gasteiger partial charge in [-0.1, -0.05) is 0 Å². The summed E-state index contributed by atoms with van der Waals surface area (Å²) in [6.07, 6.45) is 4.92. The molecule has 1 atom stereocenters. The van der Waals surface area contributed by atoms with E-state index in [0.29, 0.717) is 5.82 Å². The van der Waals surface area contributed by atoms with E-state index in [1.807, 2.05) is 11.8 Å². The highest BCUT2D eigenvalue weighted by atomic mass is 16.2. The minimum absolute atomic E-state index is 0.159. The van der Waals surface area contributed by atoms with Crippen molar-refractivity contribution < 1.29 is 4.79 Å². The number of amides is 1. The van der Waals surface area contributed by atoms with E-state index in [4.69, 9.17) is 0 Å². The third kappa shape index (κ3) is 2.16. The van der Waals surface area contributed by atoms with Gasteiger partial charge in [-0.15, -0.1) is 0 Å². The molecule has 5 nitrogen and oxygen atoms in total. The molecular formula is C10H16N4O. The Kier molecular flexibility index (Phi) is 2.99. The summed E-state index contributed by atoms with van der Waals surface area (Å²) in [6, 6.07) is 0. The second kappa shape index (κ2) is 4.42. The third-order valence-electron chi connectivity index (χ3n) is 2.88. The second-order valence-electron chi connectivity index (χ2n) is 3.98. The summed E-state index contributed by atoms with van der Waals surface area (Å²) in [7, 11) is 0. The zero-order chi connectivity index (χ0) is 10.7. The first-order valence-electron chi connectivity index (χ1n) is 5.43. The lowest BCUT2D eigenvalue weighted by atomic mass is 10.1. The topological polar surface area (TPSA) is 61.9 Å². The Morgan fingerprint density at radius 1 is 1.47 bits per heavy atom. The van der Waals surface area contributed by atoms with Gasteiger partial charge in [0.1, 0.15) is 12.2 Å². The summed E-state index contributed by atoms with van der Waals surface area (Å²) in [5, 5.41) is 6.51. The van der Waals surface area contributed by atoms with Crippen molar-refractivity contribution in [3.05, 3.63) is 12.2 Å². The van der Waals surface area contributed by atoms with Crippen LogP contribution in [0.2, 0.25) is 0 Å². The Morgan fingerprint density at radius 2 is 2.20 bits per heavy atom. The molecule has 1 saturated heterocycles. The van der Waals surface area contributed by atoms with Crippen molar-refractivity contribution in [2.24, 2.45) is 0 Å². The zero-order valence-corrected chi connectivity index (χ0v) is 8.94. The largest absolute Gasteiger partial charge is 0.342 e. The van der Waals surface area contributed by atoms with Gasteiger partial charge in [0.25, 0.3) is 0 Å². The molecule has 82 valence electrons. The van der Waals surface area contributed by atoms with Gasteiger partial charge in [-0.2, -0.15) is 5.10 Å². The van der Waals surface area contributed by atoms with Gasteiger partial charge in [-0.25, -0.2) is 4.98 Å². The highest BCUT2D eigenvalue weighted by Crippen LogP contribution is 2.17. The van der Waals surface area contributed by atoms with Gasteiger partial charge in [0.15, 0.2) is 0 Å². The molecule has 0 saturated carbocycles. The van der Waals surface area contributed by atoms with Gasteiger partial charge >= 0.3 is 0 Å². The number of nitrogens with zero attached hydrogens (tertiary/aromatic N) is 3. The number of likely N-dealkylation sites (tertiary alicyclic amines) is 1. The third-order valence-corrected chi connectivity index (χ3v) is 2.88. The fraction of sp³-hybridized carbons (Fsp3) is 0.700. The van der Waals surface area contributed by atoms with Crippen molar-refractivity contribution in [1.82, 2.24) is 20.1 Å². The van der Waals surface area contributed by atoms with Crippen molar-refractivity contribution in [2.45, 2.75) is 32.1 Å². The Hall–Kier alpha value is -1.39. The van der Waals surface area contributed by atoms with Crippen LogP contribution in [0.25, 0.3) is 0 Å². The molecule has 2 heterocycles. The van der Waals surface area contributed by atoms with Crippen LogP contribution >= 0.6 is 0 Å². The van der Waals surface area contributed by atoms with Gasteiger partial charge in [0, 0.05) is 13.1 Å². The Morgan fingerprint density at radius 3 is 2.80 bits per heavy atom. The van der Waals surface area contributed by atoms with Crippen molar-refractivity contribution in [2.75, 3.05) is 13.1 Å². The number of nitrogens with one attached hydrogen (secondary N) is 1. The fourth-order valence-corrected chi connectivity index (χ4v) is 1.93. The number of carbonyl (C=O) groups is 1. The van der Waals surface area contributed by atoms with Crippen LogP contribution in [-0.4, -0.2) is 39.1 Å². The molecule has 1 fully saturated rings. The predicted octanol–water partition coefficient (Wildman–Crippen LogP) is 0.921. The number of piperidine rings is 1. The lowest BCUT2D eigenvalue weighted by Crippen LogP contribution is -2.38. The molecule has 0 spiro atoms. The second-order valence-corrected chi connectivity index (χ2v) is 3.98. The van der Waals surface area contributed by atoms with E-state index >= 15 is 0 Å². The summed E-state index contributed by atoms with van der Waals surface area (Å²) >= 11 is 0. The molecule has 1 aromatic heterocycles.